The van der Waals surface area contributed by atoms with Crippen molar-refractivity contribution < 1.29 is 83.8 Å². The number of aromatic amines is 1. The largest absolute Gasteiger partial charge is 0.508 e. The fraction of sp³-hybridized carbons (Fsp3) is 0.456. The van der Waals surface area contributed by atoms with Crippen LogP contribution in [0, 0.1) is 19.8 Å². The van der Waals surface area contributed by atoms with E-state index in [1.165, 1.54) is 59.7 Å². The number of phenols is 1. The molecule has 12 atom stereocenters. The molecule has 9 rings (SSSR count). The van der Waals surface area contributed by atoms with Crippen LogP contribution in [-0.4, -0.2) is 185 Å². The van der Waals surface area contributed by atoms with Crippen molar-refractivity contribution in [3.05, 3.63) is 107 Å². The lowest BCUT2D eigenvalue weighted by molar-refractivity contribution is -0.400. The summed E-state index contributed by atoms with van der Waals surface area (Å²) in [5, 5.41) is 116. The Balaban J connectivity index is 1.21. The molecule has 3 fully saturated rings. The lowest BCUT2D eigenvalue weighted by Crippen LogP contribution is -2.86. The number of nitrogens with zero attached hydrogens (tertiary/aromatic N) is 2. The van der Waals surface area contributed by atoms with Gasteiger partial charge in [0.15, 0.2) is 28.7 Å². The van der Waals surface area contributed by atoms with Crippen molar-refractivity contribution in [3.8, 4) is 33.9 Å². The summed E-state index contributed by atoms with van der Waals surface area (Å²) in [5.74, 6) is -4.16. The predicted octanol–water partition coefficient (Wildman–Crippen LogP) is -0.262. The first-order valence-electron chi connectivity index (χ1n) is 27.2. The van der Waals surface area contributed by atoms with Gasteiger partial charge in [-0.1, -0.05) is 29.3 Å². The Bertz CT molecular complexity index is 3350. The summed E-state index contributed by atoms with van der Waals surface area (Å²) in [6, 6.07) is 14.4. The first kappa shape index (κ1) is 60.1. The molecule has 0 radical (unpaired) electrons. The topological polar surface area (TPSA) is 408 Å². The first-order chi connectivity index (χ1) is 39.8. The van der Waals surface area contributed by atoms with E-state index in [2.05, 4.69) is 31.2 Å². The van der Waals surface area contributed by atoms with Gasteiger partial charge in [0.25, 0.3) is 0 Å². The lowest BCUT2D eigenvalue weighted by atomic mass is 9.66. The van der Waals surface area contributed by atoms with E-state index in [4.69, 9.17) is 29.2 Å². The summed E-state index contributed by atoms with van der Waals surface area (Å²) >= 11 is 0. The highest BCUT2D eigenvalue weighted by molar-refractivity contribution is 5.98. The van der Waals surface area contributed by atoms with Gasteiger partial charge < -0.3 is 95.6 Å². The van der Waals surface area contributed by atoms with Crippen LogP contribution in [0.25, 0.3) is 44.3 Å². The molecule has 446 valence electrons. The summed E-state index contributed by atoms with van der Waals surface area (Å²) in [6.07, 6.45) is -4.62. The number of nitrogens with two attached hydrogens (primary N) is 1. The summed E-state index contributed by atoms with van der Waals surface area (Å²) in [4.78, 5) is 67.0. The highest BCUT2D eigenvalue weighted by atomic mass is 16.8. The van der Waals surface area contributed by atoms with Gasteiger partial charge in [0.1, 0.15) is 48.2 Å². The molecule has 3 aliphatic heterocycles. The fourth-order valence-electron chi connectivity index (χ4n) is 11.6. The normalized spacial score (nSPS) is 26.1. The molecule has 0 saturated carbocycles. The Kier molecular flexibility index (Phi) is 18.2. The fourth-order valence-corrected chi connectivity index (χ4v) is 11.6. The van der Waals surface area contributed by atoms with E-state index in [1.807, 2.05) is 32.0 Å². The van der Waals surface area contributed by atoms with Crippen LogP contribution >= 0.6 is 0 Å². The second-order valence-electron chi connectivity index (χ2n) is 21.5. The number of aromatic hydroxyl groups is 1. The number of carboxylic acid groups (broad SMARTS) is 1. The zero-order valence-corrected chi connectivity index (χ0v) is 45.5. The van der Waals surface area contributed by atoms with Crippen LogP contribution in [0.4, 0.5) is 0 Å². The number of aliphatic hydroxyl groups is 7. The van der Waals surface area contributed by atoms with Crippen LogP contribution in [0.1, 0.15) is 49.7 Å². The average molecular weight is 1160 g/mol. The number of fused-ring (bicyclic) bond motifs is 3. The first-order valence-corrected chi connectivity index (χ1v) is 27.2. The number of hydrogen-bond acceptors (Lipinski definition) is 21. The van der Waals surface area contributed by atoms with Gasteiger partial charge in [0, 0.05) is 67.8 Å². The number of H-pyrrole nitrogens is 1. The number of benzene rings is 3. The minimum absolute atomic E-state index is 0.0316. The molecule has 3 aliphatic rings. The second kappa shape index (κ2) is 25.2. The smallest absolute Gasteiger partial charge is 0.337 e. The Morgan fingerprint density at radius 1 is 1.04 bits per heavy atom. The van der Waals surface area contributed by atoms with Crippen molar-refractivity contribution in [1.29, 1.82) is 0 Å². The molecule has 3 aromatic carbocycles. The number of carbonyl (C=O) groups excluding carboxylic acids is 2. The molecule has 26 nitrogen and oxygen atoms in total. The number of aldehydes is 1. The third-order valence-corrected chi connectivity index (χ3v) is 15.7. The quantitative estimate of drug-likeness (QED) is 0.00747. The lowest BCUT2D eigenvalue weighted by Gasteiger charge is -2.59. The number of aliphatic carboxylic acids is 1. The van der Waals surface area contributed by atoms with Gasteiger partial charge in [0.2, 0.25) is 24.2 Å². The maximum atomic E-state index is 14.4. The number of phenolic OH excluding ortho intramolecular Hbond substituents is 1. The monoisotopic (exact) mass is 1150 g/mol. The number of aryl methyl sites for hydroxylation is 2. The van der Waals surface area contributed by atoms with Gasteiger partial charge in [-0.2, -0.15) is 4.73 Å². The number of hydrogen-bond donors (Lipinski definition) is 15. The molecule has 6 heterocycles. The highest BCUT2D eigenvalue weighted by Gasteiger charge is 2.75. The van der Waals surface area contributed by atoms with Gasteiger partial charge in [-0.05, 0) is 93.5 Å². The molecule has 12 unspecified atom stereocenters. The Morgan fingerprint density at radius 3 is 2.49 bits per heavy atom. The van der Waals surface area contributed by atoms with E-state index < -0.39 is 103 Å². The van der Waals surface area contributed by atoms with Gasteiger partial charge in [-0.3, -0.25) is 20.4 Å². The van der Waals surface area contributed by atoms with Crippen molar-refractivity contribution >= 4 is 46.1 Å². The molecule has 0 spiro atoms. The van der Waals surface area contributed by atoms with Crippen molar-refractivity contribution in [2.24, 2.45) is 16.6 Å². The molecule has 16 N–H and O–H groups in total. The Morgan fingerprint density at radius 2 is 1.80 bits per heavy atom. The van der Waals surface area contributed by atoms with Gasteiger partial charge in [0.05, 0.1) is 41.9 Å². The molecule has 83 heavy (non-hydrogen) atoms. The Labute approximate surface area is 474 Å². The summed E-state index contributed by atoms with van der Waals surface area (Å²) in [7, 11) is 0. The zero-order chi connectivity index (χ0) is 59.4. The molecule has 0 amide bonds. The molecule has 0 aliphatic carbocycles. The predicted molar refractivity (Wildman–Crippen MR) is 297 cm³/mol. The third kappa shape index (κ3) is 12.2. The average Bonchev–Trinajstić information content (AvgIpc) is 0.884. The van der Waals surface area contributed by atoms with Gasteiger partial charge in [-0.15, -0.1) is 0 Å². The van der Waals surface area contributed by atoms with Crippen molar-refractivity contribution in [3.63, 3.8) is 0 Å². The summed E-state index contributed by atoms with van der Waals surface area (Å²) in [6.45, 7) is 0.150. The molecular formula is C57H70N8O18. The van der Waals surface area contributed by atoms with Crippen LogP contribution in [0.2, 0.25) is 0 Å². The van der Waals surface area contributed by atoms with Crippen LogP contribution in [0.3, 0.4) is 0 Å². The zero-order valence-electron chi connectivity index (χ0n) is 45.5. The molecule has 3 aromatic heterocycles. The van der Waals surface area contributed by atoms with Crippen molar-refractivity contribution in [2.45, 2.75) is 118 Å². The number of esters is 1. The summed E-state index contributed by atoms with van der Waals surface area (Å²) in [5.41, 5.74) is -0.184. The number of carbonyl (C=O) groups is 3. The van der Waals surface area contributed by atoms with Gasteiger partial charge in [-0.25, -0.2) is 9.59 Å². The number of aliphatic hydroxyl groups excluding tert-OH is 5. The number of rotatable bonds is 23. The molecular weight excluding hydrogens is 1080 g/mol. The van der Waals surface area contributed by atoms with E-state index in [0.29, 0.717) is 53.4 Å². The molecule has 26 heteroatoms. The maximum Gasteiger partial charge on any atom is 0.337 e. The number of ether oxygens (including phenoxy) is 3. The maximum absolute atomic E-state index is 14.4. The summed E-state index contributed by atoms with van der Waals surface area (Å²) < 4.78 is 26.4. The number of aromatic nitrogens is 2. The minimum Gasteiger partial charge on any atom is -0.508 e. The van der Waals surface area contributed by atoms with Crippen LogP contribution in [0.5, 0.6) is 11.5 Å². The molecule has 6 aromatic rings. The second-order valence-corrected chi connectivity index (χ2v) is 21.5. The number of nitrogens with one attached hydrogen (secondary N) is 5. The van der Waals surface area contributed by atoms with E-state index in [9.17, 15) is 65.1 Å². The van der Waals surface area contributed by atoms with E-state index in [1.54, 1.807) is 12.3 Å². The highest BCUT2D eigenvalue weighted by Crippen LogP contribution is 2.47. The van der Waals surface area contributed by atoms with Gasteiger partial charge >= 0.3 is 11.9 Å². The molecule has 3 saturated heterocycles. The van der Waals surface area contributed by atoms with Crippen molar-refractivity contribution in [2.75, 3.05) is 39.5 Å². The SMILES string of the molecule is Cc1cc(C)cc(-c2c3[nH]ccc3cn2OC2C(Oc3ccc4c(=O)c(-c5ccc(O)cc5)coc4c3)OC(C(CO)(NC(N)=NCC3CCC4CNC(O)CC4N3)OC(=O)C(NCCC=O)C(=O)O)C(O)(CO)C2(O)C(O)CCCO)c1. The third-order valence-electron chi connectivity index (χ3n) is 15.7. The van der Waals surface area contributed by atoms with E-state index >= 15 is 0 Å². The molecule has 0 bridgehead atoms. The van der Waals surface area contributed by atoms with E-state index in [-0.39, 0.29) is 72.0 Å². The van der Waals surface area contributed by atoms with Crippen molar-refractivity contribution in [1.82, 2.24) is 31.0 Å². The Hall–Kier alpha value is -7.47. The van der Waals surface area contributed by atoms with Crippen LogP contribution in [-0.2, 0) is 23.9 Å². The minimum atomic E-state index is -3.46. The van der Waals surface area contributed by atoms with Crippen LogP contribution in [0.15, 0.2) is 99.6 Å². The number of carboxylic acids is 1. The number of piperidine rings is 2. The number of aliphatic imine (C=N–C) groups is 1. The number of guanidine groups is 1. The van der Waals surface area contributed by atoms with E-state index in [0.717, 1.165) is 17.5 Å². The van der Waals surface area contributed by atoms with Crippen LogP contribution < -0.4 is 42.0 Å². The standard InChI is InChI=1S/C57H70N8O18/c1-30-19-31(2)21-35(20-30)47-45-34(14-16-60-45)26-65(47)83-49-52(80-38-12-13-39-42(22-38)79-27-40(48(39)73)32-7-10-37(70)11-8-32)81-53(55(77,28-68)57(49,78)43(71)5-3-17-66)56(29-69,82-51(76)46(50(74)75)59-15-4-18-67)64-54(58)62-25-36-9-6-33-24-61-44(72)23-41(33)63-36/h7-8,10-14,16,18-22,26-27,33,36,41,43-44,46,49,52-53,59-61,63,66,68-72,77-78H,3-6,9,15,17,23-25,28-29H2,1-2H3,(H,74,75)(H3,58,62,64).